The van der Waals surface area contributed by atoms with Gasteiger partial charge in [0.2, 0.25) is 11.8 Å². The van der Waals surface area contributed by atoms with Crippen molar-refractivity contribution in [1.82, 2.24) is 9.80 Å². The van der Waals surface area contributed by atoms with Crippen LogP contribution in [0.3, 0.4) is 0 Å². The first-order chi connectivity index (χ1) is 11.0. The maximum Gasteiger partial charge on any atom is 0.236 e. The average Bonchev–Trinajstić information content (AvgIpc) is 2.55. The van der Waals surface area contributed by atoms with Gasteiger partial charge < -0.3 is 14.7 Å². The zero-order chi connectivity index (χ0) is 16.8. The molecule has 126 valence electrons. The zero-order valence-corrected chi connectivity index (χ0v) is 14.4. The third-order valence-corrected chi connectivity index (χ3v) is 4.41. The molecule has 0 aromatic heterocycles. The minimum absolute atomic E-state index is 0.0477. The van der Waals surface area contributed by atoms with E-state index in [0.717, 1.165) is 44.0 Å². The summed E-state index contributed by atoms with van der Waals surface area (Å²) >= 11 is 0. The molecular formula is C18H27N3O2. The molecule has 1 aromatic carbocycles. The van der Waals surface area contributed by atoms with Crippen molar-refractivity contribution in [2.75, 3.05) is 44.2 Å². The number of carbonyl (C=O) groups excluding carboxylic acids is 2. The molecule has 0 saturated carbocycles. The van der Waals surface area contributed by atoms with Crippen molar-refractivity contribution >= 4 is 17.5 Å². The zero-order valence-electron chi connectivity index (χ0n) is 14.4. The first kappa shape index (κ1) is 17.5. The van der Waals surface area contributed by atoms with Crippen molar-refractivity contribution in [1.29, 1.82) is 0 Å². The lowest BCUT2D eigenvalue weighted by Gasteiger charge is -2.34. The Labute approximate surface area is 138 Å². The number of rotatable bonds is 5. The van der Waals surface area contributed by atoms with Gasteiger partial charge in [-0.3, -0.25) is 9.59 Å². The quantitative estimate of drug-likeness (QED) is 0.779. The van der Waals surface area contributed by atoms with Crippen molar-refractivity contribution in [3.63, 3.8) is 0 Å². The molecule has 0 bridgehead atoms. The number of piperazine rings is 1. The van der Waals surface area contributed by atoms with Crippen LogP contribution in [0.15, 0.2) is 24.3 Å². The van der Waals surface area contributed by atoms with Gasteiger partial charge in [0.05, 0.1) is 0 Å². The molecule has 0 unspecified atom stereocenters. The number of nitrogens with zero attached hydrogens (tertiary/aromatic N) is 3. The first-order valence-electron chi connectivity index (χ1n) is 8.42. The number of hydrogen-bond acceptors (Lipinski definition) is 3. The normalized spacial score (nSPS) is 15.5. The molecule has 0 aliphatic carbocycles. The van der Waals surface area contributed by atoms with E-state index < -0.39 is 0 Å². The van der Waals surface area contributed by atoms with Crippen molar-refractivity contribution in [2.24, 2.45) is 0 Å². The summed E-state index contributed by atoms with van der Waals surface area (Å²) in [6, 6.07) is 7.83. The largest absolute Gasteiger partial charge is 0.340 e. The Morgan fingerprint density at radius 1 is 1.13 bits per heavy atom. The van der Waals surface area contributed by atoms with Gasteiger partial charge in [-0.25, -0.2) is 0 Å². The number of aryl methyl sites for hydroxylation is 1. The smallest absolute Gasteiger partial charge is 0.236 e. The summed E-state index contributed by atoms with van der Waals surface area (Å²) in [7, 11) is 0. The lowest BCUT2D eigenvalue weighted by atomic mass is 10.2. The van der Waals surface area contributed by atoms with Gasteiger partial charge in [-0.2, -0.15) is 0 Å². The maximum atomic E-state index is 12.5. The molecule has 1 aliphatic heterocycles. The molecular weight excluding hydrogens is 290 g/mol. The number of benzene rings is 1. The minimum atomic E-state index is -0.124. The van der Waals surface area contributed by atoms with Crippen LogP contribution in [0, 0.1) is 6.92 Å². The van der Waals surface area contributed by atoms with Crippen LogP contribution in [0.5, 0.6) is 0 Å². The van der Waals surface area contributed by atoms with Crippen LogP contribution in [0.1, 0.15) is 25.8 Å². The van der Waals surface area contributed by atoms with Crippen LogP contribution in [0.2, 0.25) is 0 Å². The third-order valence-electron chi connectivity index (χ3n) is 4.41. The maximum absolute atomic E-state index is 12.5. The van der Waals surface area contributed by atoms with Gasteiger partial charge in [-0.1, -0.05) is 19.1 Å². The van der Waals surface area contributed by atoms with Gasteiger partial charge in [-0.05, 0) is 38.1 Å². The summed E-state index contributed by atoms with van der Waals surface area (Å²) in [5, 5.41) is 0. The monoisotopic (exact) mass is 317 g/mol. The Kier molecular flexibility index (Phi) is 6.16. The Bertz CT molecular complexity index is 551. The van der Waals surface area contributed by atoms with E-state index in [1.807, 2.05) is 43.0 Å². The number of likely N-dealkylation sites (N-methyl/N-ethyl adjacent to an activating group) is 1. The SMILES string of the molecule is CCN1CCN(C(=O)CC(=O)N(CC)c2cccc(C)c2)CC1. The number of hydrogen-bond donors (Lipinski definition) is 0. The van der Waals surface area contributed by atoms with Crippen LogP contribution in [0.4, 0.5) is 5.69 Å². The topological polar surface area (TPSA) is 43.9 Å². The number of carbonyl (C=O) groups is 2. The van der Waals surface area contributed by atoms with E-state index in [9.17, 15) is 9.59 Å². The minimum Gasteiger partial charge on any atom is -0.340 e. The standard InChI is InChI=1S/C18H27N3O2/c1-4-19-9-11-20(12-10-19)17(22)14-18(23)21(5-2)16-8-6-7-15(3)13-16/h6-8,13H,4-5,9-12,14H2,1-3H3. The Morgan fingerprint density at radius 2 is 1.83 bits per heavy atom. The number of anilines is 1. The highest BCUT2D eigenvalue weighted by atomic mass is 16.2. The molecule has 1 aromatic rings. The van der Waals surface area contributed by atoms with Gasteiger partial charge in [0, 0.05) is 38.4 Å². The van der Waals surface area contributed by atoms with E-state index in [1.54, 1.807) is 4.90 Å². The summed E-state index contributed by atoms with van der Waals surface area (Å²) in [6.45, 7) is 10.9. The molecule has 1 fully saturated rings. The summed E-state index contributed by atoms with van der Waals surface area (Å²) in [4.78, 5) is 30.7. The highest BCUT2D eigenvalue weighted by Gasteiger charge is 2.24. The van der Waals surface area contributed by atoms with Crippen LogP contribution >= 0.6 is 0 Å². The Hall–Kier alpha value is -1.88. The van der Waals surface area contributed by atoms with E-state index in [2.05, 4.69) is 11.8 Å². The highest BCUT2D eigenvalue weighted by molar-refractivity contribution is 6.05. The summed E-state index contributed by atoms with van der Waals surface area (Å²) in [5.74, 6) is -0.183. The fourth-order valence-electron chi connectivity index (χ4n) is 2.95. The molecule has 0 N–H and O–H groups in total. The van der Waals surface area contributed by atoms with Gasteiger partial charge >= 0.3 is 0 Å². The summed E-state index contributed by atoms with van der Waals surface area (Å²) in [6.07, 6.45) is -0.0477. The molecule has 1 heterocycles. The molecule has 0 spiro atoms. The Morgan fingerprint density at radius 3 is 2.39 bits per heavy atom. The van der Waals surface area contributed by atoms with Crippen molar-refractivity contribution in [3.8, 4) is 0 Å². The molecule has 2 amide bonds. The molecule has 1 aliphatic rings. The predicted octanol–water partition coefficient (Wildman–Crippen LogP) is 1.90. The van der Waals surface area contributed by atoms with Gasteiger partial charge in [0.25, 0.3) is 0 Å². The van der Waals surface area contributed by atoms with Crippen molar-refractivity contribution in [2.45, 2.75) is 27.2 Å². The van der Waals surface area contributed by atoms with Crippen molar-refractivity contribution < 1.29 is 9.59 Å². The highest BCUT2D eigenvalue weighted by Crippen LogP contribution is 2.17. The molecule has 5 nitrogen and oxygen atoms in total. The van der Waals surface area contributed by atoms with Crippen LogP contribution in [-0.4, -0.2) is 60.9 Å². The summed E-state index contributed by atoms with van der Waals surface area (Å²) < 4.78 is 0. The lowest BCUT2D eigenvalue weighted by Crippen LogP contribution is -2.49. The first-order valence-corrected chi connectivity index (χ1v) is 8.42. The summed E-state index contributed by atoms with van der Waals surface area (Å²) in [5.41, 5.74) is 1.97. The molecule has 5 heteroatoms. The van der Waals surface area contributed by atoms with E-state index in [0.29, 0.717) is 6.54 Å². The predicted molar refractivity (Wildman–Crippen MR) is 92.5 cm³/mol. The van der Waals surface area contributed by atoms with Crippen molar-refractivity contribution in [3.05, 3.63) is 29.8 Å². The average molecular weight is 317 g/mol. The molecule has 0 radical (unpaired) electrons. The van der Waals surface area contributed by atoms with Gasteiger partial charge in [-0.15, -0.1) is 0 Å². The van der Waals surface area contributed by atoms with E-state index in [1.165, 1.54) is 0 Å². The van der Waals surface area contributed by atoms with Crippen LogP contribution in [-0.2, 0) is 9.59 Å². The van der Waals surface area contributed by atoms with Crippen LogP contribution < -0.4 is 4.90 Å². The molecule has 2 rings (SSSR count). The Balaban J connectivity index is 1.95. The van der Waals surface area contributed by atoms with Gasteiger partial charge in [0.15, 0.2) is 0 Å². The van der Waals surface area contributed by atoms with E-state index in [-0.39, 0.29) is 18.2 Å². The molecule has 1 saturated heterocycles. The van der Waals surface area contributed by atoms with E-state index >= 15 is 0 Å². The second-order valence-corrected chi connectivity index (χ2v) is 5.97. The second kappa shape index (κ2) is 8.11. The molecule has 0 atom stereocenters. The van der Waals surface area contributed by atoms with E-state index in [4.69, 9.17) is 0 Å². The van der Waals surface area contributed by atoms with Gasteiger partial charge in [0.1, 0.15) is 6.42 Å². The molecule has 23 heavy (non-hydrogen) atoms. The lowest BCUT2D eigenvalue weighted by molar-refractivity contribution is -0.136. The fourth-order valence-corrected chi connectivity index (χ4v) is 2.95. The second-order valence-electron chi connectivity index (χ2n) is 5.97. The van der Waals surface area contributed by atoms with Crippen LogP contribution in [0.25, 0.3) is 0 Å². The number of amides is 2. The third kappa shape index (κ3) is 4.55. The fraction of sp³-hybridized carbons (Fsp3) is 0.556.